The number of alkyl halides is 3. The number of rotatable bonds is 3. The quantitative estimate of drug-likeness (QED) is 0.625. The van der Waals surface area contributed by atoms with E-state index in [4.69, 9.17) is 10.00 Å². The molecule has 2 aromatic carbocycles. The number of hydrogen-bond donors (Lipinski definition) is 0. The van der Waals surface area contributed by atoms with Crippen LogP contribution in [-0.2, 0) is 27.5 Å². The molecule has 3 saturated heterocycles. The summed E-state index contributed by atoms with van der Waals surface area (Å²) in [7, 11) is -3.95. The number of carbonyl (C=O) groups excluding carboxylic acids is 1. The summed E-state index contributed by atoms with van der Waals surface area (Å²) in [6, 6.07) is 13.3. The maximum Gasteiger partial charge on any atom is 0.417 e. The summed E-state index contributed by atoms with van der Waals surface area (Å²) in [5, 5.41) is 8.28. The Balaban J connectivity index is 1.40. The Bertz CT molecular complexity index is 1290. The number of piperidine rings is 2. The number of anilines is 1. The van der Waals surface area contributed by atoms with Gasteiger partial charge in [-0.05, 0) is 42.5 Å². The van der Waals surface area contributed by atoms with Crippen molar-refractivity contribution in [2.75, 3.05) is 17.4 Å². The number of carbonyl (C=O) groups is 1. The minimum absolute atomic E-state index is 0.0279. The van der Waals surface area contributed by atoms with Crippen molar-refractivity contribution in [1.82, 2.24) is 4.90 Å². The van der Waals surface area contributed by atoms with Gasteiger partial charge in [0.15, 0.2) is 0 Å². The van der Waals surface area contributed by atoms with E-state index in [2.05, 4.69) is 0 Å². The SMILES string of the molecule is N#Cc1ccc(N2C[C@@H]3[C@@H]([C@@H]4CC[C@H]3N(C(=O)OCc3ccccc3)C4)S2(=O)=O)cc1C(F)(F)F. The first-order valence-corrected chi connectivity index (χ1v) is 12.7. The lowest BCUT2D eigenvalue weighted by molar-refractivity contribution is -0.137. The standard InChI is InChI=1S/C24H22F3N3O4S/c25-24(26,27)20-10-18(8-6-16(20)11-28)30-13-19-21-9-7-17(22(19)35(30,32)33)12-29(21)23(31)34-14-15-4-2-1-3-5-15/h1-6,8,10,17,19,21-22H,7,9,12-14H2/t17-,19+,21-,22-/m1/s1. The normalized spacial score (nSPS) is 26.8. The number of nitrogens with zero attached hydrogens (tertiary/aromatic N) is 3. The smallest absolute Gasteiger partial charge is 0.417 e. The average Bonchev–Trinajstić information content (AvgIpc) is 3.15. The number of amides is 1. The Kier molecular flexibility index (Phi) is 5.67. The van der Waals surface area contributed by atoms with E-state index in [9.17, 15) is 26.4 Å². The minimum Gasteiger partial charge on any atom is -0.445 e. The van der Waals surface area contributed by atoms with Crippen molar-refractivity contribution >= 4 is 21.8 Å². The molecule has 1 amide bonds. The summed E-state index contributed by atoms with van der Waals surface area (Å²) >= 11 is 0. The molecule has 0 radical (unpaired) electrons. The zero-order valence-corrected chi connectivity index (χ0v) is 19.3. The van der Waals surface area contributed by atoms with Crippen LogP contribution in [-0.4, -0.2) is 43.8 Å². The Hall–Kier alpha value is -3.26. The second-order valence-corrected chi connectivity index (χ2v) is 11.2. The predicted molar refractivity (Wildman–Crippen MR) is 120 cm³/mol. The molecule has 1 saturated carbocycles. The number of halogens is 3. The highest BCUT2D eigenvalue weighted by Gasteiger charge is 2.60. The molecule has 3 aliphatic heterocycles. The number of ether oxygens (including phenoxy) is 1. The highest BCUT2D eigenvalue weighted by molar-refractivity contribution is 7.93. The maximum atomic E-state index is 13.5. The molecule has 4 atom stereocenters. The van der Waals surface area contributed by atoms with Crippen LogP contribution in [0.3, 0.4) is 0 Å². The molecule has 0 spiro atoms. The summed E-state index contributed by atoms with van der Waals surface area (Å²) in [4.78, 5) is 14.5. The van der Waals surface area contributed by atoms with Crippen molar-refractivity contribution in [2.24, 2.45) is 11.8 Å². The van der Waals surface area contributed by atoms with E-state index in [1.165, 1.54) is 12.1 Å². The lowest BCUT2D eigenvalue weighted by atomic mass is 9.72. The Labute approximate surface area is 200 Å². The van der Waals surface area contributed by atoms with E-state index < -0.39 is 44.6 Å². The first-order valence-electron chi connectivity index (χ1n) is 11.2. The molecule has 6 rings (SSSR count). The van der Waals surface area contributed by atoms with E-state index in [1.54, 1.807) is 4.90 Å². The molecule has 0 N–H and O–H groups in total. The van der Waals surface area contributed by atoms with Gasteiger partial charge in [0.05, 0.1) is 28.1 Å². The number of sulfonamides is 1. The van der Waals surface area contributed by atoms with Gasteiger partial charge in [-0.15, -0.1) is 0 Å². The van der Waals surface area contributed by atoms with E-state index in [0.717, 1.165) is 22.0 Å². The van der Waals surface area contributed by atoms with Crippen molar-refractivity contribution in [2.45, 2.75) is 36.9 Å². The van der Waals surface area contributed by atoms with Crippen LogP contribution in [0.1, 0.15) is 29.5 Å². The van der Waals surface area contributed by atoms with Crippen molar-refractivity contribution in [1.29, 1.82) is 5.26 Å². The van der Waals surface area contributed by atoms with Gasteiger partial charge in [-0.1, -0.05) is 30.3 Å². The minimum atomic E-state index is -4.80. The van der Waals surface area contributed by atoms with Crippen LogP contribution in [0.5, 0.6) is 0 Å². The molecular formula is C24H22F3N3O4S. The second-order valence-electron chi connectivity index (χ2n) is 9.14. The van der Waals surface area contributed by atoms with Crippen LogP contribution >= 0.6 is 0 Å². The molecule has 7 nitrogen and oxygen atoms in total. The predicted octanol–water partition coefficient (Wildman–Crippen LogP) is 4.14. The fraction of sp³-hybridized carbons (Fsp3) is 0.417. The third-order valence-electron chi connectivity index (χ3n) is 7.23. The van der Waals surface area contributed by atoms with Crippen LogP contribution in [0.2, 0.25) is 0 Å². The third-order valence-corrected chi connectivity index (χ3v) is 9.63. The number of fused-ring (bicyclic) bond motifs is 2. The van der Waals surface area contributed by atoms with Gasteiger partial charge in [-0.25, -0.2) is 13.2 Å². The van der Waals surface area contributed by atoms with Crippen LogP contribution < -0.4 is 4.31 Å². The zero-order valence-electron chi connectivity index (χ0n) is 18.5. The fourth-order valence-corrected chi connectivity index (χ4v) is 8.22. The van der Waals surface area contributed by atoms with Crippen LogP contribution in [0.25, 0.3) is 0 Å². The molecule has 4 aliphatic rings. The number of nitriles is 1. The van der Waals surface area contributed by atoms with Crippen molar-refractivity contribution < 1.29 is 31.1 Å². The molecule has 35 heavy (non-hydrogen) atoms. The van der Waals surface area contributed by atoms with Gasteiger partial charge in [0.1, 0.15) is 6.61 Å². The van der Waals surface area contributed by atoms with Gasteiger partial charge in [-0.2, -0.15) is 18.4 Å². The third kappa shape index (κ3) is 3.99. The largest absolute Gasteiger partial charge is 0.445 e. The highest BCUT2D eigenvalue weighted by atomic mass is 32.2. The van der Waals surface area contributed by atoms with E-state index in [0.29, 0.717) is 12.8 Å². The fourth-order valence-electron chi connectivity index (χ4n) is 5.72. The lowest BCUT2D eigenvalue weighted by Crippen LogP contribution is -2.61. The summed E-state index contributed by atoms with van der Waals surface area (Å²) in [5.74, 6) is -0.772. The number of hydrogen-bond acceptors (Lipinski definition) is 5. The van der Waals surface area contributed by atoms with E-state index in [1.807, 2.05) is 30.3 Å². The summed E-state index contributed by atoms with van der Waals surface area (Å²) in [6.45, 7) is 0.297. The van der Waals surface area contributed by atoms with Gasteiger partial charge in [0.2, 0.25) is 10.0 Å². The molecule has 11 heteroatoms. The molecule has 0 unspecified atom stereocenters. The highest BCUT2D eigenvalue weighted by Crippen LogP contribution is 2.49. The maximum absolute atomic E-state index is 13.5. The molecule has 4 fully saturated rings. The first kappa shape index (κ1) is 23.5. The van der Waals surface area contributed by atoms with Gasteiger partial charge in [0, 0.05) is 25.0 Å². The second kappa shape index (κ2) is 8.45. The average molecular weight is 506 g/mol. The summed E-state index contributed by atoms with van der Waals surface area (Å²) in [6.07, 6.45) is -4.09. The lowest BCUT2D eigenvalue weighted by Gasteiger charge is -2.50. The van der Waals surface area contributed by atoms with Crippen molar-refractivity contribution in [3.05, 3.63) is 65.2 Å². The molecular weight excluding hydrogens is 483 g/mol. The van der Waals surface area contributed by atoms with Crippen LogP contribution in [0.4, 0.5) is 23.7 Å². The Morgan fingerprint density at radius 2 is 1.86 bits per heavy atom. The summed E-state index contributed by atoms with van der Waals surface area (Å²) < 4.78 is 73.9. The van der Waals surface area contributed by atoms with Gasteiger partial charge in [-0.3, -0.25) is 4.31 Å². The molecule has 2 bridgehead atoms. The van der Waals surface area contributed by atoms with E-state index >= 15 is 0 Å². The Morgan fingerprint density at radius 1 is 1.11 bits per heavy atom. The van der Waals surface area contributed by atoms with Crippen LogP contribution in [0.15, 0.2) is 48.5 Å². The van der Waals surface area contributed by atoms with Crippen molar-refractivity contribution in [3.8, 4) is 6.07 Å². The molecule has 3 heterocycles. The van der Waals surface area contributed by atoms with Crippen LogP contribution in [0, 0.1) is 23.2 Å². The molecule has 1 aliphatic carbocycles. The first-order chi connectivity index (χ1) is 16.6. The van der Waals surface area contributed by atoms with Gasteiger partial charge >= 0.3 is 12.3 Å². The van der Waals surface area contributed by atoms with E-state index in [-0.39, 0.29) is 37.3 Å². The number of benzene rings is 2. The monoisotopic (exact) mass is 505 g/mol. The van der Waals surface area contributed by atoms with Crippen molar-refractivity contribution in [3.63, 3.8) is 0 Å². The van der Waals surface area contributed by atoms with Gasteiger partial charge < -0.3 is 9.64 Å². The zero-order chi connectivity index (χ0) is 25.0. The molecule has 0 aromatic heterocycles. The Morgan fingerprint density at radius 3 is 2.54 bits per heavy atom. The molecule has 2 aromatic rings. The van der Waals surface area contributed by atoms with Gasteiger partial charge in [0.25, 0.3) is 0 Å². The molecule has 184 valence electrons. The topological polar surface area (TPSA) is 90.7 Å². The summed E-state index contributed by atoms with van der Waals surface area (Å²) in [5.41, 5.74) is -1.03.